The number of nitrogens with one attached hydrogen (secondary N) is 1. The molecule has 5 nitrogen and oxygen atoms in total. The molecule has 0 radical (unpaired) electrons. The van der Waals surface area contributed by atoms with Gasteiger partial charge >= 0.3 is 6.18 Å². The number of ether oxygens (including phenoxy) is 2. The van der Waals surface area contributed by atoms with Gasteiger partial charge in [-0.15, -0.1) is 0 Å². The molecule has 0 bridgehead atoms. The van der Waals surface area contributed by atoms with Crippen LogP contribution in [0.15, 0.2) is 59.4 Å². The first kappa shape index (κ1) is 18.5. The highest BCUT2D eigenvalue weighted by atomic mass is 19.4. The first-order valence-corrected chi connectivity index (χ1v) is 7.92. The molecule has 1 aromatic heterocycles. The number of H-pyrrole nitrogens is 1. The first-order chi connectivity index (χ1) is 12.8. The van der Waals surface area contributed by atoms with Gasteiger partial charge in [-0.25, -0.2) is 4.98 Å². The third-order valence-corrected chi connectivity index (χ3v) is 3.67. The summed E-state index contributed by atoms with van der Waals surface area (Å²) in [5.41, 5.74) is 0.293. The van der Waals surface area contributed by atoms with Crippen molar-refractivity contribution in [1.82, 2.24) is 9.97 Å². The summed E-state index contributed by atoms with van der Waals surface area (Å²) in [7, 11) is 1.40. The molecule has 0 saturated heterocycles. The Hall–Kier alpha value is -3.29. The molecular weight excluding hydrogens is 361 g/mol. The zero-order valence-electron chi connectivity index (χ0n) is 14.2. The summed E-state index contributed by atoms with van der Waals surface area (Å²) in [5, 5.41) is 0. The molecule has 8 heteroatoms. The van der Waals surface area contributed by atoms with E-state index in [0.717, 1.165) is 17.7 Å². The average Bonchev–Trinajstić information content (AvgIpc) is 2.62. The van der Waals surface area contributed by atoms with Gasteiger partial charge in [0.25, 0.3) is 11.6 Å². The summed E-state index contributed by atoms with van der Waals surface area (Å²) in [5.74, 6) is 0.494. The van der Waals surface area contributed by atoms with Gasteiger partial charge in [0.15, 0.2) is 0 Å². The second kappa shape index (κ2) is 7.53. The number of alkyl halides is 3. The fourth-order valence-electron chi connectivity index (χ4n) is 2.43. The molecule has 0 spiro atoms. The predicted molar refractivity (Wildman–Crippen MR) is 92.2 cm³/mol. The Morgan fingerprint density at radius 3 is 2.44 bits per heavy atom. The van der Waals surface area contributed by atoms with Gasteiger partial charge in [0.2, 0.25) is 0 Å². The van der Waals surface area contributed by atoms with Crippen LogP contribution in [-0.4, -0.2) is 17.1 Å². The molecule has 0 aliphatic rings. The van der Waals surface area contributed by atoms with Gasteiger partial charge in [-0.3, -0.25) is 9.78 Å². The predicted octanol–water partition coefficient (Wildman–Crippen LogP) is 4.18. The summed E-state index contributed by atoms with van der Waals surface area (Å²) >= 11 is 0. The van der Waals surface area contributed by atoms with Crippen LogP contribution in [0.2, 0.25) is 0 Å². The quantitative estimate of drug-likeness (QED) is 0.726. The van der Waals surface area contributed by atoms with E-state index in [9.17, 15) is 18.0 Å². The minimum Gasteiger partial charge on any atom is -0.468 e. The fraction of sp³-hybridized carbons (Fsp3) is 0.158. The average molecular weight is 376 g/mol. The number of aromatic amines is 1. The van der Waals surface area contributed by atoms with Crippen LogP contribution in [0.3, 0.4) is 0 Å². The number of rotatable bonds is 5. The van der Waals surface area contributed by atoms with Gasteiger partial charge in [0.05, 0.1) is 18.4 Å². The Morgan fingerprint density at radius 2 is 1.78 bits per heavy atom. The van der Waals surface area contributed by atoms with E-state index < -0.39 is 11.7 Å². The number of halogens is 3. The Balaban J connectivity index is 1.73. The number of nitrogens with zero attached hydrogens (tertiary/aromatic N) is 1. The Bertz CT molecular complexity index is 982. The normalized spacial score (nSPS) is 11.3. The molecular formula is C19H15F3N2O3. The second-order valence-electron chi connectivity index (χ2n) is 5.69. The van der Waals surface area contributed by atoms with Gasteiger partial charge in [-0.05, 0) is 35.9 Å². The van der Waals surface area contributed by atoms with Crippen LogP contribution in [0.1, 0.15) is 16.8 Å². The molecule has 0 aliphatic carbocycles. The highest BCUT2D eigenvalue weighted by molar-refractivity contribution is 5.36. The van der Waals surface area contributed by atoms with Crippen molar-refractivity contribution in [2.45, 2.75) is 12.6 Å². The number of hydrogen-bond acceptors (Lipinski definition) is 4. The smallest absolute Gasteiger partial charge is 0.416 e. The van der Waals surface area contributed by atoms with E-state index in [0.29, 0.717) is 17.9 Å². The van der Waals surface area contributed by atoms with E-state index in [-0.39, 0.29) is 17.3 Å². The van der Waals surface area contributed by atoms with E-state index in [1.54, 1.807) is 24.3 Å². The molecule has 1 N–H and O–H groups in total. The van der Waals surface area contributed by atoms with Gasteiger partial charge in [0.1, 0.15) is 11.5 Å². The van der Waals surface area contributed by atoms with Gasteiger partial charge in [0, 0.05) is 12.5 Å². The molecule has 3 rings (SSSR count). The maximum atomic E-state index is 12.8. The topological polar surface area (TPSA) is 64.2 Å². The molecule has 140 valence electrons. The number of aromatic nitrogens is 2. The van der Waals surface area contributed by atoms with Crippen molar-refractivity contribution >= 4 is 0 Å². The molecule has 0 unspecified atom stereocenters. The molecule has 1 heterocycles. The van der Waals surface area contributed by atoms with Crippen LogP contribution in [0, 0.1) is 0 Å². The van der Waals surface area contributed by atoms with Crippen molar-refractivity contribution in [2.75, 3.05) is 7.11 Å². The monoisotopic (exact) mass is 376 g/mol. The molecule has 2 aromatic carbocycles. The van der Waals surface area contributed by atoms with E-state index >= 15 is 0 Å². The lowest BCUT2D eigenvalue weighted by molar-refractivity contribution is -0.137. The zero-order valence-corrected chi connectivity index (χ0v) is 14.2. The van der Waals surface area contributed by atoms with Crippen LogP contribution in [0.4, 0.5) is 13.2 Å². The maximum Gasteiger partial charge on any atom is 0.416 e. The van der Waals surface area contributed by atoms with Crippen molar-refractivity contribution in [1.29, 1.82) is 0 Å². The number of hydrogen-bond donors (Lipinski definition) is 1. The van der Waals surface area contributed by atoms with Gasteiger partial charge in [-0.2, -0.15) is 13.2 Å². The highest BCUT2D eigenvalue weighted by Crippen LogP contribution is 2.32. The first-order valence-electron chi connectivity index (χ1n) is 7.92. The molecule has 0 saturated carbocycles. The molecule has 0 aliphatic heterocycles. The molecule has 0 fully saturated rings. The van der Waals surface area contributed by atoms with Crippen LogP contribution in [0.5, 0.6) is 17.5 Å². The zero-order chi connectivity index (χ0) is 19.4. The third-order valence-electron chi connectivity index (χ3n) is 3.67. The lowest BCUT2D eigenvalue weighted by Gasteiger charge is -2.10. The molecule has 0 atom stereocenters. The van der Waals surface area contributed by atoms with Crippen LogP contribution >= 0.6 is 0 Å². The van der Waals surface area contributed by atoms with Crippen molar-refractivity contribution in [3.63, 3.8) is 0 Å². The minimum absolute atomic E-state index is 0.0959. The van der Waals surface area contributed by atoms with Crippen LogP contribution in [0.25, 0.3) is 0 Å². The van der Waals surface area contributed by atoms with Gasteiger partial charge in [-0.1, -0.05) is 18.2 Å². The van der Waals surface area contributed by atoms with E-state index in [1.165, 1.54) is 25.3 Å². The van der Waals surface area contributed by atoms with Crippen molar-refractivity contribution in [3.8, 4) is 17.5 Å². The molecule has 3 aromatic rings. The maximum absolute atomic E-state index is 12.8. The SMILES string of the molecule is COc1nc(Cc2ccc(Oc3cccc(C(F)(F)F)c3)cc2)cc(=O)[nH]1. The number of benzene rings is 2. The molecule has 0 amide bonds. The van der Waals surface area contributed by atoms with Crippen molar-refractivity contribution < 1.29 is 22.6 Å². The highest BCUT2D eigenvalue weighted by Gasteiger charge is 2.30. The largest absolute Gasteiger partial charge is 0.468 e. The van der Waals surface area contributed by atoms with Crippen molar-refractivity contribution in [3.05, 3.63) is 81.8 Å². The lowest BCUT2D eigenvalue weighted by atomic mass is 10.1. The third kappa shape index (κ3) is 4.87. The van der Waals surface area contributed by atoms with Gasteiger partial charge < -0.3 is 9.47 Å². The van der Waals surface area contributed by atoms with Crippen LogP contribution < -0.4 is 15.0 Å². The fourth-order valence-corrected chi connectivity index (χ4v) is 2.43. The van der Waals surface area contributed by atoms with E-state index in [2.05, 4.69) is 9.97 Å². The standard InChI is InChI=1S/C19H15F3N2O3/c1-26-18-23-14(11-17(25)24-18)9-12-5-7-15(8-6-12)27-16-4-2-3-13(10-16)19(20,21)22/h2-8,10-11H,9H2,1H3,(H,23,24,25). The van der Waals surface area contributed by atoms with Crippen molar-refractivity contribution in [2.24, 2.45) is 0 Å². The van der Waals surface area contributed by atoms with E-state index in [1.807, 2.05) is 0 Å². The van der Waals surface area contributed by atoms with E-state index in [4.69, 9.17) is 9.47 Å². The summed E-state index contributed by atoms with van der Waals surface area (Å²) in [4.78, 5) is 18.1. The summed E-state index contributed by atoms with van der Waals surface area (Å²) in [6.45, 7) is 0. The Kier molecular flexibility index (Phi) is 5.16. The molecule has 27 heavy (non-hydrogen) atoms. The number of methoxy groups -OCH3 is 1. The summed E-state index contributed by atoms with van der Waals surface area (Å²) < 4.78 is 48.7. The summed E-state index contributed by atoms with van der Waals surface area (Å²) in [6.07, 6.45) is -4.03. The second-order valence-corrected chi connectivity index (χ2v) is 5.69. The summed E-state index contributed by atoms with van der Waals surface area (Å²) in [6, 6.07) is 12.9. The lowest BCUT2D eigenvalue weighted by Crippen LogP contribution is -2.10. The Labute approximate surface area is 152 Å². The minimum atomic E-state index is -4.43. The van der Waals surface area contributed by atoms with Crippen LogP contribution in [-0.2, 0) is 12.6 Å². The Morgan fingerprint density at radius 1 is 1.04 bits per heavy atom.